The van der Waals surface area contributed by atoms with Crippen molar-refractivity contribution < 1.29 is 9.05 Å². The largest absolute Gasteiger partial charge is 0.326 e. The minimum Gasteiger partial charge on any atom is -0.326 e. The van der Waals surface area contributed by atoms with Gasteiger partial charge in [0.15, 0.2) is 0 Å². The molecule has 0 spiro atoms. The van der Waals surface area contributed by atoms with Gasteiger partial charge >= 0.3 is 0 Å². The predicted octanol–water partition coefficient (Wildman–Crippen LogP) is 2.06. The van der Waals surface area contributed by atoms with Crippen LogP contribution in [0.2, 0.25) is 0 Å². The van der Waals surface area contributed by atoms with Crippen molar-refractivity contribution in [1.82, 2.24) is 0 Å². The predicted molar refractivity (Wildman–Crippen MR) is 56.9 cm³/mol. The van der Waals surface area contributed by atoms with Gasteiger partial charge in [-0.2, -0.15) is 0 Å². The highest BCUT2D eigenvalue weighted by Gasteiger charge is 2.24. The summed E-state index contributed by atoms with van der Waals surface area (Å²) in [5, 5.41) is 1.02. The van der Waals surface area contributed by atoms with E-state index in [9.17, 15) is 0 Å². The first-order chi connectivity index (χ1) is 6.31. The summed E-state index contributed by atoms with van der Waals surface area (Å²) < 4.78 is 11.1. The first-order valence-electron chi connectivity index (χ1n) is 4.26. The number of rotatable bonds is 1. The second kappa shape index (κ2) is 3.89. The van der Waals surface area contributed by atoms with E-state index in [4.69, 9.17) is 20.9 Å². The summed E-state index contributed by atoms with van der Waals surface area (Å²) in [5.74, 6) is 0. The van der Waals surface area contributed by atoms with Crippen molar-refractivity contribution in [2.45, 2.75) is 6.42 Å². The van der Waals surface area contributed by atoms with Gasteiger partial charge in [0, 0.05) is 5.30 Å². The Balaban J connectivity index is 2.29. The van der Waals surface area contributed by atoms with E-state index in [1.807, 2.05) is 30.3 Å². The van der Waals surface area contributed by atoms with Crippen LogP contribution < -0.4 is 5.30 Å². The topological polar surface area (TPSA) is 18.5 Å². The van der Waals surface area contributed by atoms with Gasteiger partial charge in [0.25, 0.3) is 0 Å². The highest BCUT2D eigenvalue weighted by molar-refractivity contribution is 8.13. The molecule has 1 saturated heterocycles. The summed E-state index contributed by atoms with van der Waals surface area (Å²) in [6.07, 6.45) is 0.950. The smallest absolute Gasteiger partial charge is 0.219 e. The van der Waals surface area contributed by atoms with Gasteiger partial charge in [0.1, 0.15) is 0 Å². The zero-order chi connectivity index (χ0) is 9.15. The molecular weight excluding hydrogens is 203 g/mol. The molecule has 1 aliphatic heterocycles. The standard InChI is InChI=1S/C9H11O2PS/c13-12(10-7-4-8-11-12)9-5-2-1-3-6-9/h1-3,5-6H,4,7-8H2. The van der Waals surface area contributed by atoms with Crippen LogP contribution in [0, 0.1) is 0 Å². The summed E-state index contributed by atoms with van der Waals surface area (Å²) in [6.45, 7) is -0.676. The average Bonchev–Trinajstić information content (AvgIpc) is 2.20. The van der Waals surface area contributed by atoms with E-state index >= 15 is 0 Å². The van der Waals surface area contributed by atoms with Crippen LogP contribution in [0.25, 0.3) is 0 Å². The number of benzene rings is 1. The lowest BCUT2D eigenvalue weighted by molar-refractivity contribution is 0.186. The summed E-state index contributed by atoms with van der Waals surface area (Å²) >= 11 is 5.39. The molecule has 0 N–H and O–H groups in total. The van der Waals surface area contributed by atoms with Crippen molar-refractivity contribution in [3.63, 3.8) is 0 Å². The first kappa shape index (κ1) is 9.35. The van der Waals surface area contributed by atoms with Crippen molar-refractivity contribution in [3.8, 4) is 0 Å². The molecule has 1 aromatic rings. The molecule has 13 heavy (non-hydrogen) atoms. The molecule has 2 nitrogen and oxygen atoms in total. The summed E-state index contributed by atoms with van der Waals surface area (Å²) in [5.41, 5.74) is 0. The van der Waals surface area contributed by atoms with Crippen molar-refractivity contribution in [1.29, 1.82) is 0 Å². The fourth-order valence-electron chi connectivity index (χ4n) is 1.23. The molecule has 0 radical (unpaired) electrons. The van der Waals surface area contributed by atoms with E-state index in [0.29, 0.717) is 0 Å². The molecule has 0 saturated carbocycles. The van der Waals surface area contributed by atoms with Crippen LogP contribution in [0.3, 0.4) is 0 Å². The molecule has 1 fully saturated rings. The van der Waals surface area contributed by atoms with Gasteiger partial charge in [-0.15, -0.1) is 0 Å². The van der Waals surface area contributed by atoms with Gasteiger partial charge in [-0.1, -0.05) is 18.2 Å². The van der Waals surface area contributed by atoms with Gasteiger partial charge in [-0.25, -0.2) is 0 Å². The Labute approximate surface area is 83.0 Å². The van der Waals surface area contributed by atoms with Gasteiger partial charge in [-0.05, 0) is 30.4 Å². The Morgan fingerprint density at radius 2 is 1.69 bits per heavy atom. The minimum absolute atomic E-state index is 0.728. The van der Waals surface area contributed by atoms with Crippen molar-refractivity contribution >= 4 is 23.6 Å². The number of hydrogen-bond acceptors (Lipinski definition) is 3. The molecule has 2 rings (SSSR count). The van der Waals surface area contributed by atoms with Crippen molar-refractivity contribution in [2.75, 3.05) is 13.2 Å². The maximum Gasteiger partial charge on any atom is 0.219 e. The third-order valence-corrected chi connectivity index (χ3v) is 5.12. The monoisotopic (exact) mass is 214 g/mol. The van der Waals surface area contributed by atoms with Crippen LogP contribution in [0.4, 0.5) is 0 Å². The molecule has 4 heteroatoms. The summed E-state index contributed by atoms with van der Waals surface area (Å²) in [6, 6.07) is 9.85. The molecule has 0 bridgehead atoms. The van der Waals surface area contributed by atoms with E-state index in [1.165, 1.54) is 0 Å². The van der Waals surface area contributed by atoms with Gasteiger partial charge in [-0.3, -0.25) is 0 Å². The Hall–Kier alpha value is -0.210. The lowest BCUT2D eigenvalue weighted by atomic mass is 10.4. The molecule has 1 heterocycles. The van der Waals surface area contributed by atoms with E-state index in [0.717, 1.165) is 24.9 Å². The second-order valence-electron chi connectivity index (χ2n) is 2.85. The highest BCUT2D eigenvalue weighted by Crippen LogP contribution is 2.49. The quantitative estimate of drug-likeness (QED) is 0.667. The lowest BCUT2D eigenvalue weighted by Gasteiger charge is -2.26. The molecule has 0 aliphatic carbocycles. The molecule has 70 valence electrons. The lowest BCUT2D eigenvalue weighted by Crippen LogP contribution is -2.16. The zero-order valence-electron chi connectivity index (χ0n) is 7.18. The van der Waals surface area contributed by atoms with Gasteiger partial charge in [0.05, 0.1) is 13.2 Å². The highest BCUT2D eigenvalue weighted by atomic mass is 32.5. The second-order valence-corrected chi connectivity index (χ2v) is 6.32. The molecule has 1 aliphatic rings. The van der Waals surface area contributed by atoms with E-state index in [-0.39, 0.29) is 0 Å². The van der Waals surface area contributed by atoms with E-state index in [1.54, 1.807) is 0 Å². The maximum atomic E-state index is 5.56. The van der Waals surface area contributed by atoms with Gasteiger partial charge < -0.3 is 9.05 Å². The first-order valence-corrected chi connectivity index (χ1v) is 6.90. The molecule has 0 atom stereocenters. The summed E-state index contributed by atoms with van der Waals surface area (Å²) in [4.78, 5) is 0. The van der Waals surface area contributed by atoms with Crippen LogP contribution >= 0.6 is 6.49 Å². The molecule has 0 unspecified atom stereocenters. The summed E-state index contributed by atoms with van der Waals surface area (Å²) in [7, 11) is 0. The fourth-order valence-corrected chi connectivity index (χ4v) is 3.69. The Kier molecular flexibility index (Phi) is 2.80. The Bertz CT molecular complexity index is 316. The van der Waals surface area contributed by atoms with Crippen LogP contribution in [0.15, 0.2) is 30.3 Å². The van der Waals surface area contributed by atoms with Crippen LogP contribution in [-0.4, -0.2) is 13.2 Å². The van der Waals surface area contributed by atoms with Crippen molar-refractivity contribution in [2.24, 2.45) is 0 Å². The minimum atomic E-state index is -2.13. The normalized spacial score (nSPS) is 21.2. The van der Waals surface area contributed by atoms with Crippen molar-refractivity contribution in [3.05, 3.63) is 30.3 Å². The SMILES string of the molecule is S=P1(c2ccccc2)OCCCO1. The molecule has 0 aromatic heterocycles. The van der Waals surface area contributed by atoms with Crippen LogP contribution in [-0.2, 0) is 20.9 Å². The van der Waals surface area contributed by atoms with E-state index < -0.39 is 6.49 Å². The Morgan fingerprint density at radius 3 is 2.31 bits per heavy atom. The molecule has 1 aromatic carbocycles. The van der Waals surface area contributed by atoms with Gasteiger partial charge in [0.2, 0.25) is 6.49 Å². The maximum absolute atomic E-state index is 5.56. The number of hydrogen-bond donors (Lipinski definition) is 0. The van der Waals surface area contributed by atoms with Crippen LogP contribution in [0.1, 0.15) is 6.42 Å². The Morgan fingerprint density at radius 1 is 1.08 bits per heavy atom. The third-order valence-electron chi connectivity index (χ3n) is 1.88. The zero-order valence-corrected chi connectivity index (χ0v) is 8.89. The average molecular weight is 214 g/mol. The fraction of sp³-hybridized carbons (Fsp3) is 0.333. The molecule has 0 amide bonds. The van der Waals surface area contributed by atoms with Crippen LogP contribution in [0.5, 0.6) is 0 Å². The molecular formula is C9H11O2PS. The van der Waals surface area contributed by atoms with E-state index in [2.05, 4.69) is 0 Å². The third kappa shape index (κ3) is 2.00.